The summed E-state index contributed by atoms with van der Waals surface area (Å²) in [5.74, 6) is -2.97. The summed E-state index contributed by atoms with van der Waals surface area (Å²) in [5, 5.41) is 11.3. The number of aromatic hydroxyl groups is 1. The first kappa shape index (κ1) is 7.78. The van der Waals surface area contributed by atoms with Crippen molar-refractivity contribution in [3.63, 3.8) is 0 Å². The Hall–Kier alpha value is -1.32. The molecule has 0 amide bonds. The highest BCUT2D eigenvalue weighted by atomic mass is 19.2. The van der Waals surface area contributed by atoms with E-state index in [0.717, 1.165) is 12.1 Å². The predicted molar refractivity (Wildman–Crippen MR) is 37.6 cm³/mol. The first-order chi connectivity index (χ1) is 5.15. The third kappa shape index (κ3) is 1.39. The molecule has 0 aromatic heterocycles. The van der Waals surface area contributed by atoms with E-state index in [2.05, 4.69) is 5.32 Å². The molecule has 0 saturated heterocycles. The molecule has 0 aliphatic heterocycles. The number of hydrogen-bond donors (Lipinski definition) is 2. The zero-order valence-electron chi connectivity index (χ0n) is 5.86. The third-order valence-corrected chi connectivity index (χ3v) is 1.30. The highest BCUT2D eigenvalue weighted by Gasteiger charge is 2.07. The molecule has 0 spiro atoms. The lowest BCUT2D eigenvalue weighted by molar-refractivity contribution is 0.407. The largest absolute Gasteiger partial charge is 0.505 e. The van der Waals surface area contributed by atoms with Crippen LogP contribution in [-0.4, -0.2) is 12.2 Å². The van der Waals surface area contributed by atoms with Gasteiger partial charge in [0.15, 0.2) is 17.4 Å². The molecular weight excluding hydrogens is 152 g/mol. The van der Waals surface area contributed by atoms with Gasteiger partial charge in [0.25, 0.3) is 0 Å². The highest BCUT2D eigenvalue weighted by Crippen LogP contribution is 2.22. The summed E-state index contributed by atoms with van der Waals surface area (Å²) >= 11 is 0. The number of hydrogen-bond acceptors (Lipinski definition) is 2. The van der Waals surface area contributed by atoms with Crippen molar-refractivity contribution in [3.05, 3.63) is 23.8 Å². The number of nitrogens with one attached hydrogen (secondary N) is 1. The van der Waals surface area contributed by atoms with E-state index >= 15 is 0 Å². The molecule has 1 aromatic carbocycles. The quantitative estimate of drug-likeness (QED) is 0.653. The molecule has 2 nitrogen and oxygen atoms in total. The van der Waals surface area contributed by atoms with Crippen LogP contribution in [0.25, 0.3) is 0 Å². The van der Waals surface area contributed by atoms with Gasteiger partial charge in [-0.05, 0) is 0 Å². The number of halogens is 2. The molecule has 2 N–H and O–H groups in total. The molecule has 0 atom stereocenters. The van der Waals surface area contributed by atoms with Crippen LogP contribution in [0, 0.1) is 11.6 Å². The summed E-state index contributed by atoms with van der Waals surface area (Å²) in [4.78, 5) is 0. The average Bonchev–Trinajstić information content (AvgIpc) is 1.99. The van der Waals surface area contributed by atoms with Crippen molar-refractivity contribution in [2.75, 3.05) is 12.4 Å². The molecule has 0 bridgehead atoms. The van der Waals surface area contributed by atoms with Gasteiger partial charge < -0.3 is 10.4 Å². The SMILES string of the molecule is CNc1cc(O)c(F)c(F)c1. The molecule has 0 saturated carbocycles. The van der Waals surface area contributed by atoms with Gasteiger partial charge in [0, 0.05) is 24.9 Å². The van der Waals surface area contributed by atoms with Crippen molar-refractivity contribution >= 4 is 5.69 Å². The van der Waals surface area contributed by atoms with E-state index in [0.29, 0.717) is 5.69 Å². The zero-order chi connectivity index (χ0) is 8.43. The highest BCUT2D eigenvalue weighted by molar-refractivity contribution is 5.48. The minimum atomic E-state index is -1.22. The number of anilines is 1. The monoisotopic (exact) mass is 159 g/mol. The Morgan fingerprint density at radius 1 is 1.36 bits per heavy atom. The minimum Gasteiger partial charge on any atom is -0.505 e. The molecule has 0 unspecified atom stereocenters. The van der Waals surface area contributed by atoms with Crippen LogP contribution in [0.3, 0.4) is 0 Å². The second kappa shape index (κ2) is 2.74. The van der Waals surface area contributed by atoms with Gasteiger partial charge >= 0.3 is 0 Å². The summed E-state index contributed by atoms with van der Waals surface area (Å²) in [6.07, 6.45) is 0. The van der Waals surface area contributed by atoms with Gasteiger partial charge in [-0.1, -0.05) is 0 Å². The number of phenols is 1. The molecule has 11 heavy (non-hydrogen) atoms. The molecule has 0 heterocycles. The molecule has 60 valence electrons. The van der Waals surface area contributed by atoms with Gasteiger partial charge in [-0.25, -0.2) is 4.39 Å². The van der Waals surface area contributed by atoms with Crippen molar-refractivity contribution in [3.8, 4) is 5.75 Å². The zero-order valence-corrected chi connectivity index (χ0v) is 5.86. The van der Waals surface area contributed by atoms with Crippen molar-refractivity contribution in [1.29, 1.82) is 0 Å². The predicted octanol–water partition coefficient (Wildman–Crippen LogP) is 1.71. The van der Waals surface area contributed by atoms with Gasteiger partial charge in [-0.3, -0.25) is 0 Å². The van der Waals surface area contributed by atoms with Crippen LogP contribution in [0.4, 0.5) is 14.5 Å². The number of rotatable bonds is 1. The van der Waals surface area contributed by atoms with Crippen molar-refractivity contribution < 1.29 is 13.9 Å². The van der Waals surface area contributed by atoms with E-state index in [1.165, 1.54) is 0 Å². The van der Waals surface area contributed by atoms with Crippen LogP contribution in [0.1, 0.15) is 0 Å². The van der Waals surface area contributed by atoms with Crippen molar-refractivity contribution in [1.82, 2.24) is 0 Å². The molecule has 0 aliphatic rings. The van der Waals surface area contributed by atoms with Gasteiger partial charge in [-0.2, -0.15) is 4.39 Å². The lowest BCUT2D eigenvalue weighted by Crippen LogP contribution is -1.91. The normalized spacial score (nSPS) is 9.73. The molecule has 0 fully saturated rings. The summed E-state index contributed by atoms with van der Waals surface area (Å²) in [5.41, 5.74) is 0.335. The van der Waals surface area contributed by atoms with Gasteiger partial charge in [0.05, 0.1) is 0 Å². The van der Waals surface area contributed by atoms with Crippen LogP contribution in [0.5, 0.6) is 5.75 Å². The summed E-state index contributed by atoms with van der Waals surface area (Å²) < 4.78 is 24.8. The molecule has 1 rings (SSSR count). The van der Waals surface area contributed by atoms with E-state index < -0.39 is 17.4 Å². The maximum Gasteiger partial charge on any atom is 0.200 e. The topological polar surface area (TPSA) is 32.3 Å². The van der Waals surface area contributed by atoms with E-state index in [4.69, 9.17) is 5.11 Å². The Morgan fingerprint density at radius 3 is 2.45 bits per heavy atom. The Balaban J connectivity index is 3.21. The maximum absolute atomic E-state index is 12.5. The second-order valence-corrected chi connectivity index (χ2v) is 2.04. The second-order valence-electron chi connectivity index (χ2n) is 2.04. The maximum atomic E-state index is 12.5. The summed E-state index contributed by atoms with van der Waals surface area (Å²) in [6.45, 7) is 0. The summed E-state index contributed by atoms with van der Waals surface area (Å²) in [6, 6.07) is 2.08. The summed E-state index contributed by atoms with van der Waals surface area (Å²) in [7, 11) is 1.55. The van der Waals surface area contributed by atoms with Gasteiger partial charge in [0.2, 0.25) is 0 Å². The van der Waals surface area contributed by atoms with E-state index in [-0.39, 0.29) is 0 Å². The first-order valence-electron chi connectivity index (χ1n) is 3.01. The van der Waals surface area contributed by atoms with Crippen LogP contribution >= 0.6 is 0 Å². The van der Waals surface area contributed by atoms with E-state index in [1.54, 1.807) is 7.05 Å². The lowest BCUT2D eigenvalue weighted by Gasteiger charge is -2.01. The number of phenolic OH excluding ortho intramolecular Hbond substituents is 1. The Labute approximate surface area is 62.5 Å². The van der Waals surface area contributed by atoms with Crippen molar-refractivity contribution in [2.24, 2.45) is 0 Å². The Morgan fingerprint density at radius 2 is 2.00 bits per heavy atom. The van der Waals surface area contributed by atoms with Crippen LogP contribution in [-0.2, 0) is 0 Å². The number of benzene rings is 1. The molecule has 1 aromatic rings. The minimum absolute atomic E-state index is 0.335. The van der Waals surface area contributed by atoms with E-state index in [9.17, 15) is 8.78 Å². The smallest absolute Gasteiger partial charge is 0.200 e. The van der Waals surface area contributed by atoms with Crippen LogP contribution in [0.2, 0.25) is 0 Å². The van der Waals surface area contributed by atoms with E-state index in [1.807, 2.05) is 0 Å². The molecule has 4 heteroatoms. The fourth-order valence-corrected chi connectivity index (χ4v) is 0.719. The Bertz CT molecular complexity index is 252. The molecule has 0 aliphatic carbocycles. The lowest BCUT2D eigenvalue weighted by atomic mass is 10.3. The first-order valence-corrected chi connectivity index (χ1v) is 3.01. The van der Waals surface area contributed by atoms with Crippen LogP contribution < -0.4 is 5.32 Å². The fourth-order valence-electron chi connectivity index (χ4n) is 0.719. The third-order valence-electron chi connectivity index (χ3n) is 1.30. The molecular formula is C7H7F2NO. The van der Waals surface area contributed by atoms with Crippen LogP contribution in [0.15, 0.2) is 12.1 Å². The molecule has 0 radical (unpaired) electrons. The fraction of sp³-hybridized carbons (Fsp3) is 0.143. The van der Waals surface area contributed by atoms with Crippen molar-refractivity contribution in [2.45, 2.75) is 0 Å². The Kier molecular flexibility index (Phi) is 1.94. The standard InChI is InChI=1S/C7H7F2NO/c1-10-4-2-5(8)7(9)6(11)3-4/h2-3,10-11H,1H3. The average molecular weight is 159 g/mol. The van der Waals surface area contributed by atoms with Gasteiger partial charge in [-0.15, -0.1) is 0 Å². The van der Waals surface area contributed by atoms with Gasteiger partial charge in [0.1, 0.15) is 0 Å².